The van der Waals surface area contributed by atoms with Crippen molar-refractivity contribution in [3.8, 4) is 0 Å². The third-order valence-electron chi connectivity index (χ3n) is 3.31. The Hall–Kier alpha value is -1.96. The van der Waals surface area contributed by atoms with Gasteiger partial charge in [0.25, 0.3) is 0 Å². The SMILES string of the molecule is Cc1ccc2c3c(ccc(C=O)c13)C(=N)C2. The third kappa shape index (κ3) is 1.01. The molecule has 16 heavy (non-hydrogen) atoms. The van der Waals surface area contributed by atoms with Gasteiger partial charge in [0.05, 0.1) is 0 Å². The lowest BCUT2D eigenvalue weighted by atomic mass is 9.96. The Morgan fingerprint density at radius 3 is 2.75 bits per heavy atom. The van der Waals surface area contributed by atoms with E-state index in [-0.39, 0.29) is 0 Å². The van der Waals surface area contributed by atoms with Crippen LogP contribution in [0.3, 0.4) is 0 Å². The van der Waals surface area contributed by atoms with Gasteiger partial charge in [0.1, 0.15) is 0 Å². The van der Waals surface area contributed by atoms with E-state index in [4.69, 9.17) is 5.41 Å². The van der Waals surface area contributed by atoms with Crippen LogP contribution in [0.15, 0.2) is 24.3 Å². The van der Waals surface area contributed by atoms with Gasteiger partial charge in [-0.1, -0.05) is 24.3 Å². The molecule has 0 fully saturated rings. The number of carbonyl (C=O) groups excluding carboxylic acids is 1. The highest BCUT2D eigenvalue weighted by Gasteiger charge is 2.21. The van der Waals surface area contributed by atoms with E-state index in [1.165, 1.54) is 5.56 Å². The maximum Gasteiger partial charge on any atom is 0.150 e. The molecule has 1 aliphatic rings. The fraction of sp³-hybridized carbons (Fsp3) is 0.143. The van der Waals surface area contributed by atoms with E-state index in [0.29, 0.717) is 12.1 Å². The first-order valence-electron chi connectivity index (χ1n) is 5.30. The first-order valence-corrected chi connectivity index (χ1v) is 5.30. The van der Waals surface area contributed by atoms with Gasteiger partial charge in [0.2, 0.25) is 0 Å². The van der Waals surface area contributed by atoms with Crippen LogP contribution in [0.2, 0.25) is 0 Å². The number of aryl methyl sites for hydroxylation is 1. The molecular formula is C14H11NO. The molecular weight excluding hydrogens is 198 g/mol. The largest absolute Gasteiger partial charge is 0.304 e. The number of hydrogen-bond acceptors (Lipinski definition) is 2. The van der Waals surface area contributed by atoms with E-state index >= 15 is 0 Å². The first kappa shape index (κ1) is 9.28. The molecule has 0 radical (unpaired) electrons. The Morgan fingerprint density at radius 1 is 1.19 bits per heavy atom. The summed E-state index contributed by atoms with van der Waals surface area (Å²) in [5.74, 6) is 0. The van der Waals surface area contributed by atoms with Crippen LogP contribution in [0.5, 0.6) is 0 Å². The van der Waals surface area contributed by atoms with Crippen molar-refractivity contribution in [2.75, 3.05) is 0 Å². The van der Waals surface area contributed by atoms with Crippen molar-refractivity contribution in [2.24, 2.45) is 0 Å². The molecule has 1 N–H and O–H groups in total. The Kier molecular flexibility index (Phi) is 1.75. The molecule has 2 aromatic carbocycles. The molecule has 0 saturated carbocycles. The van der Waals surface area contributed by atoms with Gasteiger partial charge in [-0.25, -0.2) is 0 Å². The average molecular weight is 209 g/mol. The van der Waals surface area contributed by atoms with Crippen molar-refractivity contribution in [1.29, 1.82) is 5.41 Å². The van der Waals surface area contributed by atoms with Crippen molar-refractivity contribution in [2.45, 2.75) is 13.3 Å². The second-order valence-corrected chi connectivity index (χ2v) is 4.27. The van der Waals surface area contributed by atoms with Gasteiger partial charge in [-0.2, -0.15) is 0 Å². The van der Waals surface area contributed by atoms with Gasteiger partial charge in [0.15, 0.2) is 6.29 Å². The van der Waals surface area contributed by atoms with Gasteiger partial charge in [-0.05, 0) is 28.8 Å². The number of nitrogens with one attached hydrogen (secondary N) is 1. The maximum atomic E-state index is 11.0. The van der Waals surface area contributed by atoms with Crippen LogP contribution in [0, 0.1) is 12.3 Å². The van der Waals surface area contributed by atoms with Crippen LogP contribution in [-0.2, 0) is 6.42 Å². The normalized spacial score (nSPS) is 13.4. The number of rotatable bonds is 1. The maximum absolute atomic E-state index is 11.0. The minimum absolute atomic E-state index is 0.656. The summed E-state index contributed by atoms with van der Waals surface area (Å²) in [6.45, 7) is 2.01. The summed E-state index contributed by atoms with van der Waals surface area (Å²) in [6, 6.07) is 7.82. The van der Waals surface area contributed by atoms with Crippen molar-refractivity contribution >= 4 is 22.8 Å². The Balaban J connectivity index is 2.59. The molecule has 0 atom stereocenters. The molecule has 0 aromatic heterocycles. The quantitative estimate of drug-likeness (QED) is 0.721. The lowest BCUT2D eigenvalue weighted by molar-refractivity contribution is 0.112. The van der Waals surface area contributed by atoms with Gasteiger partial charge in [0, 0.05) is 23.3 Å². The molecule has 0 aliphatic heterocycles. The molecule has 2 aromatic rings. The zero-order valence-electron chi connectivity index (χ0n) is 9.00. The van der Waals surface area contributed by atoms with Crippen LogP contribution >= 0.6 is 0 Å². The van der Waals surface area contributed by atoms with E-state index in [1.54, 1.807) is 0 Å². The molecule has 0 bridgehead atoms. The summed E-state index contributed by atoms with van der Waals surface area (Å²) >= 11 is 0. The molecule has 0 saturated heterocycles. The third-order valence-corrected chi connectivity index (χ3v) is 3.31. The van der Waals surface area contributed by atoms with Crippen molar-refractivity contribution in [1.82, 2.24) is 0 Å². The van der Waals surface area contributed by atoms with E-state index in [0.717, 1.165) is 33.7 Å². The van der Waals surface area contributed by atoms with Crippen molar-refractivity contribution in [3.63, 3.8) is 0 Å². The topological polar surface area (TPSA) is 40.9 Å². The predicted octanol–water partition coefficient (Wildman–Crippen LogP) is 2.88. The van der Waals surface area contributed by atoms with Gasteiger partial charge in [-0.15, -0.1) is 0 Å². The zero-order valence-corrected chi connectivity index (χ0v) is 9.00. The van der Waals surface area contributed by atoms with Gasteiger partial charge >= 0.3 is 0 Å². The fourth-order valence-electron chi connectivity index (χ4n) is 2.55. The molecule has 1 aliphatic carbocycles. The highest BCUT2D eigenvalue weighted by molar-refractivity contribution is 6.19. The van der Waals surface area contributed by atoms with Crippen molar-refractivity contribution < 1.29 is 4.79 Å². The first-order chi connectivity index (χ1) is 7.72. The highest BCUT2D eigenvalue weighted by atomic mass is 16.1. The Labute approximate surface area is 93.4 Å². The van der Waals surface area contributed by atoms with Crippen LogP contribution in [0.25, 0.3) is 10.8 Å². The summed E-state index contributed by atoms with van der Waals surface area (Å²) in [7, 11) is 0. The molecule has 78 valence electrons. The summed E-state index contributed by atoms with van der Waals surface area (Å²) in [6.07, 6.45) is 1.59. The average Bonchev–Trinajstić information content (AvgIpc) is 2.62. The monoisotopic (exact) mass is 209 g/mol. The summed E-state index contributed by atoms with van der Waals surface area (Å²) in [5.41, 5.74) is 4.65. The number of aldehydes is 1. The minimum atomic E-state index is 0.656. The van der Waals surface area contributed by atoms with Crippen LogP contribution < -0.4 is 0 Å². The molecule has 0 heterocycles. The second kappa shape index (κ2) is 3.01. The lowest BCUT2D eigenvalue weighted by Gasteiger charge is -2.07. The molecule has 3 rings (SSSR count). The van der Waals surface area contributed by atoms with Gasteiger partial charge < -0.3 is 5.41 Å². The fourth-order valence-corrected chi connectivity index (χ4v) is 2.55. The van der Waals surface area contributed by atoms with E-state index < -0.39 is 0 Å². The molecule has 2 heteroatoms. The number of carbonyl (C=O) groups is 1. The molecule has 2 nitrogen and oxygen atoms in total. The molecule has 0 amide bonds. The number of hydrogen-bond donors (Lipinski definition) is 1. The van der Waals surface area contributed by atoms with Crippen molar-refractivity contribution in [3.05, 3.63) is 46.5 Å². The smallest absolute Gasteiger partial charge is 0.150 e. The van der Waals surface area contributed by atoms with Crippen LogP contribution in [0.1, 0.15) is 27.0 Å². The number of benzene rings is 2. The zero-order chi connectivity index (χ0) is 11.3. The lowest BCUT2D eigenvalue weighted by Crippen LogP contribution is -1.94. The predicted molar refractivity (Wildman–Crippen MR) is 64.6 cm³/mol. The second-order valence-electron chi connectivity index (χ2n) is 4.27. The standard InChI is InChI=1S/C14H11NO/c1-8-2-3-9-6-12(15)11-5-4-10(7-16)13(8)14(9)11/h2-5,7,15H,6H2,1H3. The van der Waals surface area contributed by atoms with Crippen LogP contribution in [0.4, 0.5) is 0 Å². The Bertz CT molecular complexity index is 641. The Morgan fingerprint density at radius 2 is 2.00 bits per heavy atom. The van der Waals surface area contributed by atoms with E-state index in [9.17, 15) is 4.79 Å². The van der Waals surface area contributed by atoms with E-state index in [1.807, 2.05) is 25.1 Å². The summed E-state index contributed by atoms with van der Waals surface area (Å²) < 4.78 is 0. The van der Waals surface area contributed by atoms with Gasteiger partial charge in [-0.3, -0.25) is 4.79 Å². The minimum Gasteiger partial charge on any atom is -0.304 e. The summed E-state index contributed by atoms with van der Waals surface area (Å²) in [5, 5.41) is 10.1. The molecule has 0 spiro atoms. The summed E-state index contributed by atoms with van der Waals surface area (Å²) in [4.78, 5) is 11.0. The highest BCUT2D eigenvalue weighted by Crippen LogP contribution is 2.34. The van der Waals surface area contributed by atoms with E-state index in [2.05, 4.69) is 6.07 Å². The molecule has 0 unspecified atom stereocenters. The van der Waals surface area contributed by atoms with Crippen LogP contribution in [-0.4, -0.2) is 12.0 Å².